The molecule has 0 aliphatic heterocycles. The lowest BCUT2D eigenvalue weighted by atomic mass is 10.3. The second-order valence-corrected chi connectivity index (χ2v) is 3.19. The van der Waals surface area contributed by atoms with E-state index in [1.807, 2.05) is 11.5 Å². The highest BCUT2D eigenvalue weighted by atomic mass is 32.1. The molecule has 1 heterocycles. The van der Waals surface area contributed by atoms with Crippen LogP contribution in [0.1, 0.15) is 25.5 Å². The van der Waals surface area contributed by atoms with Crippen LogP contribution in [0.15, 0.2) is 11.5 Å². The molecule has 2 N–H and O–H groups in total. The number of hydrogen-bond acceptors (Lipinski definition) is 3. The summed E-state index contributed by atoms with van der Waals surface area (Å²) in [6.07, 6.45) is 6.42. The fourth-order valence-electron chi connectivity index (χ4n) is 0.748. The second-order valence-electron chi connectivity index (χ2n) is 2.30. The highest BCUT2D eigenvalue weighted by Crippen LogP contribution is 2.12. The first kappa shape index (κ1) is 8.27. The number of unbranched alkanes of at least 4 members (excludes halogenated alkanes) is 1. The number of nitrogen functional groups attached to an aromatic ring is 1. The van der Waals surface area contributed by atoms with Gasteiger partial charge in [-0.15, -0.1) is 11.3 Å². The van der Waals surface area contributed by atoms with Gasteiger partial charge in [-0.2, -0.15) is 0 Å². The van der Waals surface area contributed by atoms with Gasteiger partial charge in [0.1, 0.15) is 0 Å². The average Bonchev–Trinajstić information content (AvgIpc) is 2.37. The minimum Gasteiger partial charge on any atom is -0.375 e. The van der Waals surface area contributed by atoms with Crippen molar-refractivity contribution in [1.29, 1.82) is 0 Å². The highest BCUT2D eigenvalue weighted by molar-refractivity contribution is 7.13. The Morgan fingerprint density at radius 3 is 3.09 bits per heavy atom. The van der Waals surface area contributed by atoms with Crippen molar-refractivity contribution in [2.45, 2.75) is 19.8 Å². The summed E-state index contributed by atoms with van der Waals surface area (Å²) in [6.45, 7) is 2.15. The van der Waals surface area contributed by atoms with E-state index in [0.29, 0.717) is 5.13 Å². The predicted molar refractivity (Wildman–Crippen MR) is 50.5 cm³/mol. The summed E-state index contributed by atoms with van der Waals surface area (Å²) in [6, 6.07) is 0. The molecular weight excluding hydrogens is 156 g/mol. The van der Waals surface area contributed by atoms with E-state index in [1.54, 1.807) is 0 Å². The smallest absolute Gasteiger partial charge is 0.180 e. The van der Waals surface area contributed by atoms with E-state index in [9.17, 15) is 0 Å². The molecule has 1 aromatic rings. The van der Waals surface area contributed by atoms with Crippen LogP contribution in [0.25, 0.3) is 6.08 Å². The van der Waals surface area contributed by atoms with Crippen LogP contribution in [0.2, 0.25) is 0 Å². The lowest BCUT2D eigenvalue weighted by Gasteiger charge is -1.82. The van der Waals surface area contributed by atoms with Gasteiger partial charge < -0.3 is 5.73 Å². The first-order chi connectivity index (χ1) is 5.33. The number of thiazole rings is 1. The number of rotatable bonds is 3. The molecule has 0 radical (unpaired) electrons. The Morgan fingerprint density at radius 1 is 1.73 bits per heavy atom. The molecule has 0 aliphatic carbocycles. The summed E-state index contributed by atoms with van der Waals surface area (Å²) in [4.78, 5) is 4.09. The van der Waals surface area contributed by atoms with Crippen LogP contribution in [-0.4, -0.2) is 4.98 Å². The minimum atomic E-state index is 0.640. The first-order valence-corrected chi connectivity index (χ1v) is 4.58. The molecular formula is C8H12N2S. The third-order valence-electron chi connectivity index (χ3n) is 1.28. The van der Waals surface area contributed by atoms with Gasteiger partial charge in [0.2, 0.25) is 0 Å². The monoisotopic (exact) mass is 168 g/mol. The molecule has 0 aliphatic rings. The van der Waals surface area contributed by atoms with Gasteiger partial charge in [-0.25, -0.2) is 4.98 Å². The Balaban J connectivity index is 2.50. The summed E-state index contributed by atoms with van der Waals surface area (Å²) < 4.78 is 0. The van der Waals surface area contributed by atoms with Gasteiger partial charge in [-0.1, -0.05) is 19.4 Å². The maximum Gasteiger partial charge on any atom is 0.180 e. The SMILES string of the molecule is CCC/C=C/c1csc(N)n1. The maximum atomic E-state index is 5.46. The van der Waals surface area contributed by atoms with Crippen LogP contribution >= 0.6 is 11.3 Å². The van der Waals surface area contributed by atoms with E-state index < -0.39 is 0 Å². The maximum absolute atomic E-state index is 5.46. The largest absolute Gasteiger partial charge is 0.375 e. The molecule has 1 rings (SSSR count). The van der Waals surface area contributed by atoms with Crippen molar-refractivity contribution >= 4 is 22.5 Å². The number of anilines is 1. The number of allylic oxidation sites excluding steroid dienone is 1. The summed E-state index contributed by atoms with van der Waals surface area (Å²) in [5.41, 5.74) is 6.43. The Bertz CT molecular complexity index is 240. The van der Waals surface area contributed by atoms with Gasteiger partial charge in [0, 0.05) is 5.38 Å². The molecule has 3 heteroatoms. The Labute approximate surface area is 70.8 Å². The zero-order valence-corrected chi connectivity index (χ0v) is 7.40. The topological polar surface area (TPSA) is 38.9 Å². The number of nitrogens with zero attached hydrogens (tertiary/aromatic N) is 1. The van der Waals surface area contributed by atoms with Gasteiger partial charge in [0.05, 0.1) is 5.69 Å². The minimum absolute atomic E-state index is 0.640. The fourth-order valence-corrected chi connectivity index (χ4v) is 1.28. The van der Waals surface area contributed by atoms with Crippen LogP contribution in [0.4, 0.5) is 5.13 Å². The summed E-state index contributed by atoms with van der Waals surface area (Å²) >= 11 is 1.48. The number of nitrogens with two attached hydrogens (primary N) is 1. The van der Waals surface area contributed by atoms with E-state index in [4.69, 9.17) is 5.73 Å². The number of hydrogen-bond donors (Lipinski definition) is 1. The van der Waals surface area contributed by atoms with Crippen LogP contribution in [0.5, 0.6) is 0 Å². The van der Waals surface area contributed by atoms with E-state index >= 15 is 0 Å². The normalized spacial score (nSPS) is 11.0. The van der Waals surface area contributed by atoms with Crippen LogP contribution in [0.3, 0.4) is 0 Å². The molecule has 1 aromatic heterocycles. The van der Waals surface area contributed by atoms with E-state index in [1.165, 1.54) is 17.8 Å². The summed E-state index contributed by atoms with van der Waals surface area (Å²) in [5.74, 6) is 0. The third-order valence-corrected chi connectivity index (χ3v) is 1.98. The van der Waals surface area contributed by atoms with E-state index in [0.717, 1.165) is 12.1 Å². The molecule has 0 fully saturated rings. The third kappa shape index (κ3) is 2.72. The molecule has 0 unspecified atom stereocenters. The molecule has 60 valence electrons. The lowest BCUT2D eigenvalue weighted by Crippen LogP contribution is -1.80. The molecule has 0 bridgehead atoms. The van der Waals surface area contributed by atoms with Crippen molar-refractivity contribution in [3.05, 3.63) is 17.2 Å². The van der Waals surface area contributed by atoms with Gasteiger partial charge in [-0.3, -0.25) is 0 Å². The summed E-state index contributed by atoms with van der Waals surface area (Å²) in [7, 11) is 0. The number of aromatic nitrogens is 1. The van der Waals surface area contributed by atoms with Crippen molar-refractivity contribution < 1.29 is 0 Å². The zero-order chi connectivity index (χ0) is 8.10. The average molecular weight is 168 g/mol. The van der Waals surface area contributed by atoms with E-state index in [2.05, 4.69) is 18.0 Å². The Morgan fingerprint density at radius 2 is 2.55 bits per heavy atom. The van der Waals surface area contributed by atoms with Gasteiger partial charge in [0.15, 0.2) is 5.13 Å². The molecule has 0 saturated heterocycles. The van der Waals surface area contributed by atoms with Crippen LogP contribution < -0.4 is 5.73 Å². The van der Waals surface area contributed by atoms with Crippen molar-refractivity contribution in [1.82, 2.24) is 4.98 Å². The highest BCUT2D eigenvalue weighted by Gasteiger charge is 1.91. The summed E-state index contributed by atoms with van der Waals surface area (Å²) in [5, 5.41) is 2.60. The van der Waals surface area contributed by atoms with Gasteiger partial charge in [0.25, 0.3) is 0 Å². The fraction of sp³-hybridized carbons (Fsp3) is 0.375. The predicted octanol–water partition coefficient (Wildman–Crippen LogP) is 2.54. The van der Waals surface area contributed by atoms with Gasteiger partial charge in [-0.05, 0) is 12.5 Å². The lowest BCUT2D eigenvalue weighted by molar-refractivity contribution is 0.962. The Hall–Kier alpha value is -0.830. The molecule has 0 atom stereocenters. The first-order valence-electron chi connectivity index (χ1n) is 3.70. The van der Waals surface area contributed by atoms with Crippen molar-refractivity contribution in [2.75, 3.05) is 5.73 Å². The van der Waals surface area contributed by atoms with Crippen molar-refractivity contribution in [2.24, 2.45) is 0 Å². The van der Waals surface area contributed by atoms with Gasteiger partial charge >= 0.3 is 0 Å². The van der Waals surface area contributed by atoms with Crippen LogP contribution in [-0.2, 0) is 0 Å². The molecule has 0 aromatic carbocycles. The molecule has 11 heavy (non-hydrogen) atoms. The standard InChI is InChI=1S/C8H12N2S/c1-2-3-4-5-7-6-11-8(9)10-7/h4-6H,2-3H2,1H3,(H2,9,10)/b5-4+. The molecule has 2 nitrogen and oxygen atoms in total. The van der Waals surface area contributed by atoms with Crippen LogP contribution in [0, 0.1) is 0 Å². The molecule has 0 spiro atoms. The quantitative estimate of drug-likeness (QED) is 0.753. The zero-order valence-electron chi connectivity index (χ0n) is 6.58. The van der Waals surface area contributed by atoms with E-state index in [-0.39, 0.29) is 0 Å². The second kappa shape index (κ2) is 4.13. The molecule has 0 saturated carbocycles. The van der Waals surface area contributed by atoms with Crippen molar-refractivity contribution in [3.63, 3.8) is 0 Å². The van der Waals surface area contributed by atoms with Crippen molar-refractivity contribution in [3.8, 4) is 0 Å². The Kier molecular flexibility index (Phi) is 3.11. The molecule has 0 amide bonds.